The van der Waals surface area contributed by atoms with Gasteiger partial charge in [-0.1, -0.05) is 6.07 Å². The topological polar surface area (TPSA) is 77.5 Å². The molecule has 0 unspecified atom stereocenters. The van der Waals surface area contributed by atoms with Gasteiger partial charge in [-0.05, 0) is 29.8 Å². The van der Waals surface area contributed by atoms with Crippen LogP contribution in [-0.4, -0.2) is 6.79 Å². The van der Waals surface area contributed by atoms with E-state index in [1.807, 2.05) is 18.2 Å². The largest absolute Gasteiger partial charge is 0.487 e. The molecule has 5 heteroatoms. The molecule has 0 amide bonds. The third kappa shape index (κ3) is 2.31. The molecule has 0 radical (unpaired) electrons. The Hall–Kier alpha value is -2.87. The minimum absolute atomic E-state index is 0.247. The highest BCUT2D eigenvalue weighted by Gasteiger charge is 2.13. The van der Waals surface area contributed by atoms with Crippen molar-refractivity contribution in [3.8, 4) is 23.3 Å². The van der Waals surface area contributed by atoms with Gasteiger partial charge in [0, 0.05) is 6.07 Å². The van der Waals surface area contributed by atoms with Gasteiger partial charge in [0.2, 0.25) is 6.79 Å². The Balaban J connectivity index is 1.75. The number of ether oxygens (including phenoxy) is 3. The van der Waals surface area contributed by atoms with E-state index in [2.05, 4.69) is 6.07 Å². The summed E-state index contributed by atoms with van der Waals surface area (Å²) >= 11 is 0. The maximum absolute atomic E-state index is 8.87. The van der Waals surface area contributed by atoms with Crippen LogP contribution in [0.2, 0.25) is 0 Å². The number of hydrogen-bond donors (Lipinski definition) is 1. The van der Waals surface area contributed by atoms with Gasteiger partial charge in [-0.2, -0.15) is 5.26 Å². The molecule has 0 atom stereocenters. The molecule has 100 valence electrons. The van der Waals surface area contributed by atoms with Crippen molar-refractivity contribution in [3.63, 3.8) is 0 Å². The van der Waals surface area contributed by atoms with E-state index in [4.69, 9.17) is 25.2 Å². The zero-order valence-corrected chi connectivity index (χ0v) is 10.6. The highest BCUT2D eigenvalue weighted by Crippen LogP contribution is 2.33. The van der Waals surface area contributed by atoms with Crippen LogP contribution in [0.5, 0.6) is 17.2 Å². The summed E-state index contributed by atoms with van der Waals surface area (Å²) in [5.41, 5.74) is 7.78. The van der Waals surface area contributed by atoms with E-state index in [0.717, 1.165) is 11.3 Å². The first-order valence-corrected chi connectivity index (χ1v) is 6.07. The minimum atomic E-state index is 0.247. The highest BCUT2D eigenvalue weighted by molar-refractivity contribution is 5.56. The number of benzene rings is 2. The molecule has 0 bridgehead atoms. The van der Waals surface area contributed by atoms with Gasteiger partial charge in [0.1, 0.15) is 12.4 Å². The number of anilines is 1. The molecule has 20 heavy (non-hydrogen) atoms. The molecule has 0 aromatic heterocycles. The lowest BCUT2D eigenvalue weighted by Crippen LogP contribution is -1.99. The monoisotopic (exact) mass is 268 g/mol. The van der Waals surface area contributed by atoms with Gasteiger partial charge in [0.25, 0.3) is 0 Å². The Labute approximate surface area is 116 Å². The first-order valence-electron chi connectivity index (χ1n) is 6.07. The Morgan fingerprint density at radius 3 is 2.85 bits per heavy atom. The van der Waals surface area contributed by atoms with Crippen LogP contribution in [0, 0.1) is 11.3 Å². The predicted molar refractivity (Wildman–Crippen MR) is 72.5 cm³/mol. The second kappa shape index (κ2) is 5.02. The van der Waals surface area contributed by atoms with E-state index in [0.29, 0.717) is 29.4 Å². The molecule has 2 N–H and O–H groups in total. The lowest BCUT2D eigenvalue weighted by molar-refractivity contribution is 0.174. The Morgan fingerprint density at radius 2 is 2.00 bits per heavy atom. The summed E-state index contributed by atoms with van der Waals surface area (Å²) in [6, 6.07) is 12.6. The molecule has 0 saturated carbocycles. The number of nitriles is 1. The number of fused-ring (bicyclic) bond motifs is 1. The molecule has 0 spiro atoms. The zero-order chi connectivity index (χ0) is 13.9. The zero-order valence-electron chi connectivity index (χ0n) is 10.6. The second-order valence-corrected chi connectivity index (χ2v) is 4.34. The number of nitrogens with zero attached hydrogens (tertiary/aromatic N) is 1. The Morgan fingerprint density at radius 1 is 1.15 bits per heavy atom. The van der Waals surface area contributed by atoms with Crippen LogP contribution in [0.15, 0.2) is 36.4 Å². The highest BCUT2D eigenvalue weighted by atomic mass is 16.7. The third-order valence-corrected chi connectivity index (χ3v) is 2.97. The minimum Gasteiger partial charge on any atom is -0.487 e. The molecule has 3 rings (SSSR count). The van der Waals surface area contributed by atoms with Crippen molar-refractivity contribution in [1.82, 2.24) is 0 Å². The van der Waals surface area contributed by atoms with Crippen LogP contribution in [0.3, 0.4) is 0 Å². The maximum atomic E-state index is 8.87. The number of nitrogen functional groups attached to an aromatic ring is 1. The molecule has 0 aliphatic carbocycles. The van der Waals surface area contributed by atoms with Crippen LogP contribution < -0.4 is 19.9 Å². The van der Waals surface area contributed by atoms with Crippen molar-refractivity contribution in [2.24, 2.45) is 0 Å². The summed E-state index contributed by atoms with van der Waals surface area (Å²) in [5.74, 6) is 1.95. The van der Waals surface area contributed by atoms with Gasteiger partial charge in [0.15, 0.2) is 11.5 Å². The van der Waals surface area contributed by atoms with E-state index in [-0.39, 0.29) is 6.79 Å². The fourth-order valence-electron chi connectivity index (χ4n) is 1.92. The van der Waals surface area contributed by atoms with Gasteiger partial charge in [-0.15, -0.1) is 0 Å². The van der Waals surface area contributed by atoms with Gasteiger partial charge >= 0.3 is 0 Å². The molecular formula is C15H12N2O3. The molecule has 1 aliphatic rings. The van der Waals surface area contributed by atoms with Gasteiger partial charge < -0.3 is 19.9 Å². The summed E-state index contributed by atoms with van der Waals surface area (Å²) in [4.78, 5) is 0. The summed E-state index contributed by atoms with van der Waals surface area (Å²) in [6.45, 7) is 0.590. The summed E-state index contributed by atoms with van der Waals surface area (Å²) in [5, 5.41) is 8.87. The fraction of sp³-hybridized carbons (Fsp3) is 0.133. The average Bonchev–Trinajstić information content (AvgIpc) is 2.94. The normalized spacial score (nSPS) is 11.9. The summed E-state index contributed by atoms with van der Waals surface area (Å²) < 4.78 is 16.2. The standard InChI is InChI=1S/C15H12N2O3/c16-7-10-1-3-12(17)14(5-10)18-8-11-2-4-13-15(6-11)20-9-19-13/h1-6H,8-9,17H2. The summed E-state index contributed by atoms with van der Waals surface area (Å²) in [6.07, 6.45) is 0. The van der Waals surface area contributed by atoms with Crippen molar-refractivity contribution >= 4 is 5.69 Å². The second-order valence-electron chi connectivity index (χ2n) is 4.34. The van der Waals surface area contributed by atoms with Gasteiger partial charge in [0.05, 0.1) is 17.3 Å². The molecule has 1 heterocycles. The quantitative estimate of drug-likeness (QED) is 0.865. The predicted octanol–water partition coefficient (Wildman–Crippen LogP) is 2.45. The lowest BCUT2D eigenvalue weighted by Gasteiger charge is -2.09. The number of rotatable bonds is 3. The molecule has 1 aliphatic heterocycles. The van der Waals surface area contributed by atoms with Gasteiger partial charge in [-0.25, -0.2) is 0 Å². The van der Waals surface area contributed by atoms with E-state index in [1.165, 1.54) is 0 Å². The Bertz CT molecular complexity index is 692. The molecule has 0 fully saturated rings. The first kappa shape index (κ1) is 12.2. The molecular weight excluding hydrogens is 256 g/mol. The van der Waals surface area contributed by atoms with Crippen LogP contribution >= 0.6 is 0 Å². The van der Waals surface area contributed by atoms with Crippen molar-refractivity contribution in [2.75, 3.05) is 12.5 Å². The molecule has 0 saturated heterocycles. The van der Waals surface area contributed by atoms with E-state index < -0.39 is 0 Å². The SMILES string of the molecule is N#Cc1ccc(N)c(OCc2ccc3c(c2)OCO3)c1. The van der Waals surface area contributed by atoms with Gasteiger partial charge in [-0.3, -0.25) is 0 Å². The van der Waals surface area contributed by atoms with E-state index in [9.17, 15) is 0 Å². The van der Waals surface area contributed by atoms with Crippen molar-refractivity contribution in [3.05, 3.63) is 47.5 Å². The molecule has 5 nitrogen and oxygen atoms in total. The smallest absolute Gasteiger partial charge is 0.231 e. The van der Waals surface area contributed by atoms with Crippen molar-refractivity contribution in [2.45, 2.75) is 6.61 Å². The molecule has 2 aromatic carbocycles. The molecule has 2 aromatic rings. The summed E-state index contributed by atoms with van der Waals surface area (Å²) in [7, 11) is 0. The van der Waals surface area contributed by atoms with Crippen molar-refractivity contribution in [1.29, 1.82) is 5.26 Å². The van der Waals surface area contributed by atoms with E-state index >= 15 is 0 Å². The van der Waals surface area contributed by atoms with Crippen LogP contribution in [-0.2, 0) is 6.61 Å². The first-order chi connectivity index (χ1) is 9.76. The lowest BCUT2D eigenvalue weighted by atomic mass is 10.2. The van der Waals surface area contributed by atoms with Crippen LogP contribution in [0.25, 0.3) is 0 Å². The fourth-order valence-corrected chi connectivity index (χ4v) is 1.92. The van der Waals surface area contributed by atoms with Crippen LogP contribution in [0.4, 0.5) is 5.69 Å². The van der Waals surface area contributed by atoms with Crippen LogP contribution in [0.1, 0.15) is 11.1 Å². The average molecular weight is 268 g/mol. The number of hydrogen-bond acceptors (Lipinski definition) is 5. The number of nitrogens with two attached hydrogens (primary N) is 1. The van der Waals surface area contributed by atoms with E-state index in [1.54, 1.807) is 18.2 Å². The van der Waals surface area contributed by atoms with Crippen molar-refractivity contribution < 1.29 is 14.2 Å². The Kier molecular flexibility index (Phi) is 3.05. The maximum Gasteiger partial charge on any atom is 0.231 e. The third-order valence-electron chi connectivity index (χ3n) is 2.97.